The Bertz CT molecular complexity index is 961. The van der Waals surface area contributed by atoms with Crippen molar-refractivity contribution >= 4 is 21.6 Å². The fourth-order valence-electron chi connectivity index (χ4n) is 3.89. The van der Waals surface area contributed by atoms with Crippen molar-refractivity contribution in [3.8, 4) is 5.75 Å². The van der Waals surface area contributed by atoms with E-state index in [0.29, 0.717) is 24.3 Å². The number of rotatable bonds is 6. The number of carbonyl (C=O) groups excluding carboxylic acids is 1. The number of hydrogen-bond donors (Lipinski definition) is 1. The highest BCUT2D eigenvalue weighted by Gasteiger charge is 2.27. The molecule has 2 aliphatic rings. The van der Waals surface area contributed by atoms with Crippen molar-refractivity contribution in [2.75, 3.05) is 18.4 Å². The molecule has 29 heavy (non-hydrogen) atoms. The fourth-order valence-corrected chi connectivity index (χ4v) is 5.46. The van der Waals surface area contributed by atoms with Crippen LogP contribution in [0, 0.1) is 0 Å². The predicted molar refractivity (Wildman–Crippen MR) is 112 cm³/mol. The number of amides is 1. The third-order valence-electron chi connectivity index (χ3n) is 5.52. The molecule has 1 saturated heterocycles. The number of anilines is 1. The third kappa shape index (κ3) is 4.62. The van der Waals surface area contributed by atoms with E-state index in [1.807, 2.05) is 12.1 Å². The molecule has 1 aliphatic carbocycles. The summed E-state index contributed by atoms with van der Waals surface area (Å²) < 4.78 is 32.9. The van der Waals surface area contributed by atoms with Gasteiger partial charge in [0.15, 0.2) is 0 Å². The van der Waals surface area contributed by atoms with Crippen molar-refractivity contribution in [2.24, 2.45) is 0 Å². The fraction of sp³-hybridized carbons (Fsp3) is 0.409. The van der Waals surface area contributed by atoms with Crippen molar-refractivity contribution in [2.45, 2.75) is 49.5 Å². The summed E-state index contributed by atoms with van der Waals surface area (Å²) in [5, 5.41) is 2.82. The molecule has 2 fully saturated rings. The van der Waals surface area contributed by atoms with Crippen LogP contribution in [-0.4, -0.2) is 37.8 Å². The lowest BCUT2D eigenvalue weighted by Gasteiger charge is -2.16. The van der Waals surface area contributed by atoms with Gasteiger partial charge < -0.3 is 10.1 Å². The second-order valence-corrected chi connectivity index (χ2v) is 9.58. The largest absolute Gasteiger partial charge is 0.490 e. The second kappa shape index (κ2) is 8.55. The van der Waals surface area contributed by atoms with Crippen LogP contribution in [0.15, 0.2) is 53.4 Å². The molecule has 1 saturated carbocycles. The van der Waals surface area contributed by atoms with Gasteiger partial charge in [0, 0.05) is 24.3 Å². The van der Waals surface area contributed by atoms with Crippen LogP contribution in [0.2, 0.25) is 0 Å². The predicted octanol–water partition coefficient (Wildman–Crippen LogP) is 4.04. The smallest absolute Gasteiger partial charge is 0.255 e. The van der Waals surface area contributed by atoms with Crippen LogP contribution in [-0.2, 0) is 10.0 Å². The van der Waals surface area contributed by atoms with Gasteiger partial charge in [0.1, 0.15) is 5.75 Å². The van der Waals surface area contributed by atoms with Gasteiger partial charge in [-0.3, -0.25) is 4.79 Å². The molecule has 1 heterocycles. The van der Waals surface area contributed by atoms with E-state index in [0.717, 1.165) is 31.4 Å². The summed E-state index contributed by atoms with van der Waals surface area (Å²) in [7, 11) is -3.55. The van der Waals surface area contributed by atoms with Gasteiger partial charge in [-0.2, -0.15) is 4.31 Å². The van der Waals surface area contributed by atoms with Crippen LogP contribution in [0.3, 0.4) is 0 Å². The van der Waals surface area contributed by atoms with Gasteiger partial charge in [0.2, 0.25) is 10.0 Å². The van der Waals surface area contributed by atoms with E-state index < -0.39 is 10.0 Å². The molecule has 0 radical (unpaired) electrons. The van der Waals surface area contributed by atoms with E-state index in [-0.39, 0.29) is 16.9 Å². The monoisotopic (exact) mass is 414 g/mol. The Morgan fingerprint density at radius 2 is 1.66 bits per heavy atom. The summed E-state index contributed by atoms with van der Waals surface area (Å²) in [6.45, 7) is 1.07. The molecule has 0 bridgehead atoms. The number of hydrogen-bond acceptors (Lipinski definition) is 4. The quantitative estimate of drug-likeness (QED) is 0.774. The third-order valence-corrected chi connectivity index (χ3v) is 7.41. The topological polar surface area (TPSA) is 75.7 Å². The van der Waals surface area contributed by atoms with Crippen molar-refractivity contribution in [3.05, 3.63) is 54.1 Å². The minimum atomic E-state index is -3.55. The van der Waals surface area contributed by atoms with Crippen LogP contribution in [0.1, 0.15) is 48.9 Å². The Morgan fingerprint density at radius 3 is 2.34 bits per heavy atom. The SMILES string of the molecule is O=C(Nc1ccc(OC2CCCC2)cc1)c1cccc(S(=O)(=O)N2CCCC2)c1. The number of benzene rings is 2. The molecule has 1 amide bonds. The number of carbonyl (C=O) groups is 1. The van der Waals surface area contributed by atoms with Crippen LogP contribution in [0.25, 0.3) is 0 Å². The van der Waals surface area contributed by atoms with E-state index in [4.69, 9.17) is 4.74 Å². The first-order chi connectivity index (χ1) is 14.0. The highest BCUT2D eigenvalue weighted by Crippen LogP contribution is 2.25. The Morgan fingerprint density at radius 1 is 0.966 bits per heavy atom. The maximum atomic E-state index is 12.7. The normalized spacial score (nSPS) is 18.1. The molecule has 1 N–H and O–H groups in total. The summed E-state index contributed by atoms with van der Waals surface area (Å²) in [5.41, 5.74) is 0.957. The lowest BCUT2D eigenvalue weighted by molar-refractivity contribution is 0.102. The van der Waals surface area contributed by atoms with Crippen molar-refractivity contribution < 1.29 is 17.9 Å². The number of sulfonamides is 1. The van der Waals surface area contributed by atoms with Crippen molar-refractivity contribution in [1.82, 2.24) is 4.31 Å². The summed E-state index contributed by atoms with van der Waals surface area (Å²) >= 11 is 0. The summed E-state index contributed by atoms with van der Waals surface area (Å²) in [6, 6.07) is 13.5. The number of nitrogens with one attached hydrogen (secondary N) is 1. The Kier molecular flexibility index (Phi) is 5.87. The summed E-state index contributed by atoms with van der Waals surface area (Å²) in [5.74, 6) is 0.460. The molecule has 4 rings (SSSR count). The van der Waals surface area contributed by atoms with Gasteiger partial charge in [-0.05, 0) is 81.0 Å². The zero-order chi connectivity index (χ0) is 20.3. The highest BCUT2D eigenvalue weighted by atomic mass is 32.2. The van der Waals surface area contributed by atoms with Gasteiger partial charge in [-0.15, -0.1) is 0 Å². The first-order valence-electron chi connectivity index (χ1n) is 10.2. The molecule has 7 heteroatoms. The summed E-state index contributed by atoms with van der Waals surface area (Å²) in [6.07, 6.45) is 6.65. The molecule has 154 valence electrons. The highest BCUT2D eigenvalue weighted by molar-refractivity contribution is 7.89. The molecule has 0 spiro atoms. The standard InChI is InChI=1S/C22H26N2O4S/c25-22(23-18-10-12-20(13-11-18)28-19-7-1-2-8-19)17-6-5-9-21(16-17)29(26,27)24-14-3-4-15-24/h5-6,9-13,16,19H,1-4,7-8,14-15H2,(H,23,25). The lowest BCUT2D eigenvalue weighted by Crippen LogP contribution is -2.28. The maximum Gasteiger partial charge on any atom is 0.255 e. The van der Waals surface area contributed by atoms with Crippen LogP contribution >= 0.6 is 0 Å². The zero-order valence-corrected chi connectivity index (χ0v) is 17.2. The first-order valence-corrected chi connectivity index (χ1v) is 11.6. The lowest BCUT2D eigenvalue weighted by atomic mass is 10.2. The molecule has 0 aromatic heterocycles. The average molecular weight is 415 g/mol. The van der Waals surface area contributed by atoms with E-state index in [1.54, 1.807) is 30.3 Å². The minimum Gasteiger partial charge on any atom is -0.490 e. The second-order valence-electron chi connectivity index (χ2n) is 7.64. The van der Waals surface area contributed by atoms with Crippen LogP contribution in [0.4, 0.5) is 5.69 Å². The first kappa shape index (κ1) is 19.9. The Labute approximate surface area is 171 Å². The molecular formula is C22H26N2O4S. The minimum absolute atomic E-state index is 0.160. The molecule has 2 aromatic rings. The van der Waals surface area contributed by atoms with Gasteiger partial charge >= 0.3 is 0 Å². The van der Waals surface area contributed by atoms with E-state index >= 15 is 0 Å². The Balaban J connectivity index is 1.43. The van der Waals surface area contributed by atoms with Crippen molar-refractivity contribution in [1.29, 1.82) is 0 Å². The zero-order valence-electron chi connectivity index (χ0n) is 16.3. The number of nitrogens with zero attached hydrogens (tertiary/aromatic N) is 1. The molecule has 1 aliphatic heterocycles. The van der Waals surface area contributed by atoms with E-state index in [1.165, 1.54) is 23.2 Å². The molecule has 0 unspecified atom stereocenters. The van der Waals surface area contributed by atoms with E-state index in [9.17, 15) is 13.2 Å². The van der Waals surface area contributed by atoms with Crippen molar-refractivity contribution in [3.63, 3.8) is 0 Å². The van der Waals surface area contributed by atoms with Crippen LogP contribution < -0.4 is 10.1 Å². The summed E-state index contributed by atoms with van der Waals surface area (Å²) in [4.78, 5) is 12.8. The van der Waals surface area contributed by atoms with E-state index in [2.05, 4.69) is 5.32 Å². The average Bonchev–Trinajstić information content (AvgIpc) is 3.44. The van der Waals surface area contributed by atoms with Gasteiger partial charge in [-0.1, -0.05) is 6.07 Å². The Hall–Kier alpha value is -2.38. The van der Waals surface area contributed by atoms with Gasteiger partial charge in [-0.25, -0.2) is 8.42 Å². The molecular weight excluding hydrogens is 388 g/mol. The maximum absolute atomic E-state index is 12.7. The van der Waals surface area contributed by atoms with Crippen LogP contribution in [0.5, 0.6) is 5.75 Å². The molecule has 0 atom stereocenters. The van der Waals surface area contributed by atoms with Gasteiger partial charge in [0.05, 0.1) is 11.0 Å². The molecule has 6 nitrogen and oxygen atoms in total. The number of ether oxygens (including phenoxy) is 1. The van der Waals surface area contributed by atoms with Gasteiger partial charge in [0.25, 0.3) is 5.91 Å². The molecule has 2 aromatic carbocycles.